The van der Waals surface area contributed by atoms with Crippen LogP contribution in [0.4, 0.5) is 13.2 Å². The number of piperidine rings is 1. The van der Waals surface area contributed by atoms with Crippen LogP contribution >= 0.6 is 0 Å². The summed E-state index contributed by atoms with van der Waals surface area (Å²) >= 11 is 0. The fourth-order valence-corrected chi connectivity index (χ4v) is 2.86. The average molecular weight is 345 g/mol. The van der Waals surface area contributed by atoms with E-state index in [0.717, 1.165) is 4.90 Å². The number of rotatable bonds is 5. The number of benzene rings is 1. The summed E-state index contributed by atoms with van der Waals surface area (Å²) in [5.74, 6) is 0.216. The normalized spacial score (nSPS) is 18.4. The molecule has 0 bridgehead atoms. The lowest BCUT2D eigenvalue weighted by atomic mass is 10.00. The third-order valence-electron chi connectivity index (χ3n) is 3.93. The van der Waals surface area contributed by atoms with Crippen LogP contribution in [0.3, 0.4) is 0 Å². The molecule has 0 saturated carbocycles. The molecule has 0 spiro atoms. The highest BCUT2D eigenvalue weighted by Gasteiger charge is 2.46. The van der Waals surface area contributed by atoms with Gasteiger partial charge in [-0.2, -0.15) is 13.2 Å². The number of alkyl halides is 3. The molecule has 1 aliphatic rings. The van der Waals surface area contributed by atoms with E-state index in [4.69, 9.17) is 9.47 Å². The van der Waals surface area contributed by atoms with Crippen molar-refractivity contribution in [2.24, 2.45) is 0 Å². The van der Waals surface area contributed by atoms with Crippen LogP contribution in [0.25, 0.3) is 0 Å². The quantitative estimate of drug-likeness (QED) is 0.808. The molecule has 7 heteroatoms. The van der Waals surface area contributed by atoms with Crippen molar-refractivity contribution < 1.29 is 27.4 Å². The number of carbonyl (C=O) groups is 1. The van der Waals surface area contributed by atoms with Crippen LogP contribution in [0.2, 0.25) is 0 Å². The van der Waals surface area contributed by atoms with E-state index in [1.54, 1.807) is 13.0 Å². The monoisotopic (exact) mass is 345 g/mol. The van der Waals surface area contributed by atoms with Crippen LogP contribution in [-0.4, -0.2) is 42.8 Å². The standard InChI is InChI=1S/C17H22F3NO3/c1-3-23-13-9-8-12(11-14(13)24-4-2)16(22)21-10-6-5-7-15(21)17(18,19)20/h8-9,11,15H,3-7,10H2,1-2H3. The Bertz CT molecular complexity index is 575. The number of hydrogen-bond acceptors (Lipinski definition) is 3. The predicted molar refractivity (Wildman–Crippen MR) is 83.5 cm³/mol. The lowest BCUT2D eigenvalue weighted by molar-refractivity contribution is -0.183. The van der Waals surface area contributed by atoms with Crippen LogP contribution in [-0.2, 0) is 0 Å². The highest BCUT2D eigenvalue weighted by molar-refractivity contribution is 5.95. The lowest BCUT2D eigenvalue weighted by Crippen LogP contribution is -2.51. The van der Waals surface area contributed by atoms with Crippen molar-refractivity contribution in [3.63, 3.8) is 0 Å². The van der Waals surface area contributed by atoms with Crippen LogP contribution in [0.15, 0.2) is 18.2 Å². The van der Waals surface area contributed by atoms with E-state index in [1.807, 2.05) is 6.92 Å². The van der Waals surface area contributed by atoms with E-state index in [-0.39, 0.29) is 18.5 Å². The van der Waals surface area contributed by atoms with E-state index >= 15 is 0 Å². The first-order valence-corrected chi connectivity index (χ1v) is 8.15. The molecule has 4 nitrogen and oxygen atoms in total. The molecule has 134 valence electrons. The molecule has 1 atom stereocenters. The van der Waals surface area contributed by atoms with Gasteiger partial charge in [0, 0.05) is 12.1 Å². The number of carbonyl (C=O) groups excluding carboxylic acids is 1. The van der Waals surface area contributed by atoms with E-state index < -0.39 is 18.1 Å². The van der Waals surface area contributed by atoms with Crippen molar-refractivity contribution in [2.75, 3.05) is 19.8 Å². The molecular weight excluding hydrogens is 323 g/mol. The Balaban J connectivity index is 2.29. The lowest BCUT2D eigenvalue weighted by Gasteiger charge is -2.36. The van der Waals surface area contributed by atoms with Gasteiger partial charge in [0.05, 0.1) is 13.2 Å². The van der Waals surface area contributed by atoms with Crippen LogP contribution < -0.4 is 9.47 Å². The molecule has 0 N–H and O–H groups in total. The molecule has 2 rings (SSSR count). The van der Waals surface area contributed by atoms with Crippen molar-refractivity contribution >= 4 is 5.91 Å². The maximum absolute atomic E-state index is 13.2. The first-order valence-electron chi connectivity index (χ1n) is 8.15. The van der Waals surface area contributed by atoms with Crippen LogP contribution in [0.5, 0.6) is 11.5 Å². The van der Waals surface area contributed by atoms with Gasteiger partial charge in [-0.25, -0.2) is 0 Å². The second kappa shape index (κ2) is 7.77. The van der Waals surface area contributed by atoms with Gasteiger partial charge in [0.15, 0.2) is 11.5 Å². The van der Waals surface area contributed by atoms with Gasteiger partial charge in [0.25, 0.3) is 5.91 Å². The molecule has 1 unspecified atom stereocenters. The van der Waals surface area contributed by atoms with E-state index in [1.165, 1.54) is 12.1 Å². The van der Waals surface area contributed by atoms with Crippen molar-refractivity contribution in [1.82, 2.24) is 4.90 Å². The van der Waals surface area contributed by atoms with Crippen molar-refractivity contribution in [3.8, 4) is 11.5 Å². The third kappa shape index (κ3) is 4.13. The van der Waals surface area contributed by atoms with Gasteiger partial charge in [-0.05, 0) is 51.3 Å². The first kappa shape index (κ1) is 18.4. The highest BCUT2D eigenvalue weighted by atomic mass is 19.4. The van der Waals surface area contributed by atoms with E-state index in [0.29, 0.717) is 37.6 Å². The molecule has 1 aromatic carbocycles. The zero-order valence-electron chi connectivity index (χ0n) is 13.9. The van der Waals surface area contributed by atoms with Gasteiger partial charge in [0.2, 0.25) is 0 Å². The summed E-state index contributed by atoms with van der Waals surface area (Å²) < 4.78 is 50.4. The van der Waals surface area contributed by atoms with Crippen LogP contribution in [0.1, 0.15) is 43.5 Å². The summed E-state index contributed by atoms with van der Waals surface area (Å²) in [5, 5.41) is 0. The van der Waals surface area contributed by atoms with E-state index in [2.05, 4.69) is 0 Å². The van der Waals surface area contributed by atoms with Crippen LogP contribution in [0, 0.1) is 0 Å². The summed E-state index contributed by atoms with van der Waals surface area (Å²) in [4.78, 5) is 13.5. The molecule has 0 radical (unpaired) electrons. The Hall–Kier alpha value is -1.92. The molecule has 1 aliphatic heterocycles. The van der Waals surface area contributed by atoms with Crippen molar-refractivity contribution in [1.29, 1.82) is 0 Å². The molecule has 1 heterocycles. The molecule has 1 fully saturated rings. The zero-order chi connectivity index (χ0) is 17.7. The largest absolute Gasteiger partial charge is 0.490 e. The number of likely N-dealkylation sites (tertiary alicyclic amines) is 1. The van der Waals surface area contributed by atoms with Crippen molar-refractivity contribution in [2.45, 2.75) is 45.3 Å². The summed E-state index contributed by atoms with van der Waals surface area (Å²) in [6.07, 6.45) is -3.41. The Kier molecular flexibility index (Phi) is 5.96. The fraction of sp³-hybridized carbons (Fsp3) is 0.588. The summed E-state index contributed by atoms with van der Waals surface area (Å²) in [6, 6.07) is 2.78. The molecular formula is C17H22F3NO3. The van der Waals surface area contributed by atoms with Gasteiger partial charge in [0.1, 0.15) is 6.04 Å². The minimum Gasteiger partial charge on any atom is -0.490 e. The smallest absolute Gasteiger partial charge is 0.408 e. The Labute approximate surface area is 139 Å². The minimum atomic E-state index is -4.41. The third-order valence-corrected chi connectivity index (χ3v) is 3.93. The second-order valence-electron chi connectivity index (χ2n) is 5.58. The van der Waals surface area contributed by atoms with E-state index in [9.17, 15) is 18.0 Å². The SMILES string of the molecule is CCOc1ccc(C(=O)N2CCCCC2C(F)(F)F)cc1OCC. The Morgan fingerprint density at radius 1 is 1.17 bits per heavy atom. The van der Waals surface area contributed by atoms with Gasteiger partial charge in [-0.15, -0.1) is 0 Å². The number of ether oxygens (including phenoxy) is 2. The van der Waals surface area contributed by atoms with Gasteiger partial charge in [-0.3, -0.25) is 4.79 Å². The summed E-state index contributed by atoms with van der Waals surface area (Å²) in [5.41, 5.74) is 0.179. The molecule has 0 aromatic heterocycles. The molecule has 1 saturated heterocycles. The van der Waals surface area contributed by atoms with Gasteiger partial charge >= 0.3 is 6.18 Å². The number of hydrogen-bond donors (Lipinski definition) is 0. The fourth-order valence-electron chi connectivity index (χ4n) is 2.86. The Morgan fingerprint density at radius 2 is 1.83 bits per heavy atom. The Morgan fingerprint density at radius 3 is 2.46 bits per heavy atom. The second-order valence-corrected chi connectivity index (χ2v) is 5.58. The average Bonchev–Trinajstić information content (AvgIpc) is 2.55. The topological polar surface area (TPSA) is 38.8 Å². The minimum absolute atomic E-state index is 0.0510. The number of amides is 1. The molecule has 1 aromatic rings. The summed E-state index contributed by atoms with van der Waals surface area (Å²) in [6.45, 7) is 4.51. The molecule has 24 heavy (non-hydrogen) atoms. The maximum Gasteiger partial charge on any atom is 0.408 e. The maximum atomic E-state index is 13.2. The molecule has 1 amide bonds. The van der Waals surface area contributed by atoms with Gasteiger partial charge in [-0.1, -0.05) is 0 Å². The first-order chi connectivity index (χ1) is 11.4. The molecule has 0 aliphatic carbocycles. The van der Waals surface area contributed by atoms with Crippen molar-refractivity contribution in [3.05, 3.63) is 23.8 Å². The predicted octanol–water partition coefficient (Wildman–Crippen LogP) is 4.04. The zero-order valence-corrected chi connectivity index (χ0v) is 13.9. The highest BCUT2D eigenvalue weighted by Crippen LogP contribution is 2.34. The van der Waals surface area contributed by atoms with Gasteiger partial charge < -0.3 is 14.4 Å². The number of nitrogens with zero attached hydrogens (tertiary/aromatic N) is 1. The number of halogens is 3. The summed E-state index contributed by atoms with van der Waals surface area (Å²) in [7, 11) is 0.